The number of hydrogen-bond acceptors (Lipinski definition) is 3. The molecule has 0 radical (unpaired) electrons. The van der Waals surface area contributed by atoms with Crippen LogP contribution in [0.2, 0.25) is 5.02 Å². The predicted octanol–water partition coefficient (Wildman–Crippen LogP) is 4.16. The Bertz CT molecular complexity index is 819. The number of nitrogens with one attached hydrogen (secondary N) is 1. The molecule has 1 saturated heterocycles. The van der Waals surface area contributed by atoms with Gasteiger partial charge in [-0.2, -0.15) is 0 Å². The van der Waals surface area contributed by atoms with E-state index in [2.05, 4.69) is 5.32 Å². The van der Waals surface area contributed by atoms with Crippen LogP contribution >= 0.6 is 11.6 Å². The molecular formula is C22H25ClN2O3. The quantitative estimate of drug-likeness (QED) is 0.791. The molecule has 5 nitrogen and oxygen atoms in total. The molecule has 0 aromatic heterocycles. The van der Waals surface area contributed by atoms with Crippen molar-refractivity contribution in [3.63, 3.8) is 0 Å². The van der Waals surface area contributed by atoms with Crippen LogP contribution in [0.1, 0.15) is 47.4 Å². The molecule has 2 amide bonds. The van der Waals surface area contributed by atoms with Gasteiger partial charge in [0, 0.05) is 28.7 Å². The van der Waals surface area contributed by atoms with Crippen LogP contribution in [0.15, 0.2) is 48.5 Å². The van der Waals surface area contributed by atoms with Gasteiger partial charge in [-0.1, -0.05) is 11.6 Å². The lowest BCUT2D eigenvalue weighted by molar-refractivity contribution is 0.0691. The number of ether oxygens (including phenoxy) is 1. The molecule has 1 heterocycles. The van der Waals surface area contributed by atoms with Crippen molar-refractivity contribution in [2.75, 3.05) is 13.2 Å². The van der Waals surface area contributed by atoms with E-state index in [0.717, 1.165) is 19.4 Å². The van der Waals surface area contributed by atoms with Crippen LogP contribution in [-0.4, -0.2) is 41.9 Å². The van der Waals surface area contributed by atoms with Crippen molar-refractivity contribution in [2.45, 2.75) is 38.8 Å². The minimum absolute atomic E-state index is 0.00321. The van der Waals surface area contributed by atoms with Crippen LogP contribution in [0.25, 0.3) is 0 Å². The minimum atomic E-state index is -0.0999. The Kier molecular flexibility index (Phi) is 6.57. The molecule has 3 rings (SSSR count). The first-order chi connectivity index (χ1) is 13.4. The molecule has 148 valence electrons. The Balaban J connectivity index is 1.58. The van der Waals surface area contributed by atoms with Gasteiger partial charge >= 0.3 is 0 Å². The smallest absolute Gasteiger partial charge is 0.254 e. The summed E-state index contributed by atoms with van der Waals surface area (Å²) in [5, 5.41) is 3.47. The van der Waals surface area contributed by atoms with Crippen LogP contribution in [0, 0.1) is 0 Å². The molecule has 6 heteroatoms. The number of rotatable bonds is 6. The van der Waals surface area contributed by atoms with Crippen molar-refractivity contribution in [3.05, 3.63) is 64.7 Å². The van der Waals surface area contributed by atoms with Crippen molar-refractivity contribution in [2.24, 2.45) is 0 Å². The van der Waals surface area contributed by atoms with E-state index in [1.165, 1.54) is 0 Å². The molecule has 1 fully saturated rings. The van der Waals surface area contributed by atoms with Gasteiger partial charge < -0.3 is 15.0 Å². The average molecular weight is 401 g/mol. The Labute approximate surface area is 170 Å². The Morgan fingerprint density at radius 1 is 1.11 bits per heavy atom. The second-order valence-corrected chi connectivity index (χ2v) is 7.70. The minimum Gasteiger partial charge on any atom is -0.491 e. The molecule has 1 aliphatic rings. The maximum Gasteiger partial charge on any atom is 0.254 e. The highest BCUT2D eigenvalue weighted by molar-refractivity contribution is 6.30. The van der Waals surface area contributed by atoms with Crippen LogP contribution < -0.4 is 10.1 Å². The van der Waals surface area contributed by atoms with Crippen molar-refractivity contribution < 1.29 is 14.3 Å². The van der Waals surface area contributed by atoms with Crippen molar-refractivity contribution in [1.29, 1.82) is 0 Å². The lowest BCUT2D eigenvalue weighted by Crippen LogP contribution is -2.39. The zero-order valence-corrected chi connectivity index (χ0v) is 16.9. The molecule has 2 aromatic rings. The van der Waals surface area contributed by atoms with Gasteiger partial charge in [0.25, 0.3) is 11.8 Å². The highest BCUT2D eigenvalue weighted by Gasteiger charge is 2.30. The van der Waals surface area contributed by atoms with Gasteiger partial charge in [-0.15, -0.1) is 0 Å². The maximum absolute atomic E-state index is 12.8. The summed E-state index contributed by atoms with van der Waals surface area (Å²) < 4.78 is 5.89. The SMILES string of the molecule is CC(C)NC(=O)c1ccc(OCC2CCCN2C(=O)c2ccc(Cl)cc2)cc1. The number of halogens is 1. The topological polar surface area (TPSA) is 58.6 Å². The summed E-state index contributed by atoms with van der Waals surface area (Å²) in [5.74, 6) is 0.590. The van der Waals surface area contributed by atoms with Gasteiger partial charge in [0.05, 0.1) is 6.04 Å². The molecular weight excluding hydrogens is 376 g/mol. The highest BCUT2D eigenvalue weighted by atomic mass is 35.5. The summed E-state index contributed by atoms with van der Waals surface area (Å²) in [5.41, 5.74) is 1.23. The molecule has 0 saturated carbocycles. The Hall–Kier alpha value is -2.53. The van der Waals surface area contributed by atoms with Gasteiger partial charge in [-0.05, 0) is 75.2 Å². The molecule has 0 aliphatic carbocycles. The fourth-order valence-electron chi connectivity index (χ4n) is 3.28. The second-order valence-electron chi connectivity index (χ2n) is 7.27. The number of likely N-dealkylation sites (tertiary alicyclic amines) is 1. The third kappa shape index (κ3) is 5.04. The molecule has 2 aromatic carbocycles. The van der Waals surface area contributed by atoms with Crippen LogP contribution in [-0.2, 0) is 0 Å². The lowest BCUT2D eigenvalue weighted by Gasteiger charge is -2.25. The maximum atomic E-state index is 12.8. The number of hydrogen-bond donors (Lipinski definition) is 1. The Morgan fingerprint density at radius 3 is 2.39 bits per heavy atom. The number of carbonyl (C=O) groups excluding carboxylic acids is 2. The average Bonchev–Trinajstić information content (AvgIpc) is 3.15. The third-order valence-corrected chi connectivity index (χ3v) is 4.96. The second kappa shape index (κ2) is 9.11. The zero-order valence-electron chi connectivity index (χ0n) is 16.2. The summed E-state index contributed by atoms with van der Waals surface area (Å²) >= 11 is 5.91. The molecule has 1 N–H and O–H groups in total. The van der Waals surface area contributed by atoms with E-state index in [4.69, 9.17) is 16.3 Å². The first-order valence-corrected chi connectivity index (χ1v) is 9.92. The predicted molar refractivity (Wildman–Crippen MR) is 110 cm³/mol. The van der Waals surface area contributed by atoms with E-state index in [9.17, 15) is 9.59 Å². The monoisotopic (exact) mass is 400 g/mol. The van der Waals surface area contributed by atoms with Crippen LogP contribution in [0.4, 0.5) is 0 Å². The largest absolute Gasteiger partial charge is 0.491 e. The third-order valence-electron chi connectivity index (χ3n) is 4.71. The fourth-order valence-corrected chi connectivity index (χ4v) is 3.40. The number of amides is 2. The summed E-state index contributed by atoms with van der Waals surface area (Å²) in [6.45, 7) is 5.00. The number of carbonyl (C=O) groups is 2. The van der Waals surface area contributed by atoms with Crippen molar-refractivity contribution in [3.8, 4) is 5.75 Å². The molecule has 0 spiro atoms. The summed E-state index contributed by atoms with van der Waals surface area (Å²) in [7, 11) is 0. The number of benzene rings is 2. The normalized spacial score (nSPS) is 16.3. The van der Waals surface area contributed by atoms with E-state index >= 15 is 0 Å². The molecule has 28 heavy (non-hydrogen) atoms. The van der Waals surface area contributed by atoms with Gasteiger partial charge in [0.1, 0.15) is 12.4 Å². The summed E-state index contributed by atoms with van der Waals surface area (Å²) in [4.78, 5) is 26.6. The van der Waals surface area contributed by atoms with E-state index in [1.54, 1.807) is 48.5 Å². The highest BCUT2D eigenvalue weighted by Crippen LogP contribution is 2.22. The summed E-state index contributed by atoms with van der Waals surface area (Å²) in [6.07, 6.45) is 1.87. The van der Waals surface area contributed by atoms with Gasteiger partial charge in [0.2, 0.25) is 0 Å². The molecule has 1 atom stereocenters. The van der Waals surface area contributed by atoms with Gasteiger partial charge in [-0.3, -0.25) is 9.59 Å². The van der Waals surface area contributed by atoms with E-state index < -0.39 is 0 Å². The van der Waals surface area contributed by atoms with Crippen LogP contribution in [0.5, 0.6) is 5.75 Å². The van der Waals surface area contributed by atoms with Crippen LogP contribution in [0.3, 0.4) is 0 Å². The summed E-state index contributed by atoms with van der Waals surface area (Å²) in [6, 6.07) is 14.2. The fraction of sp³-hybridized carbons (Fsp3) is 0.364. The Morgan fingerprint density at radius 2 is 1.75 bits per heavy atom. The van der Waals surface area contributed by atoms with Gasteiger partial charge in [-0.25, -0.2) is 0 Å². The number of nitrogens with zero attached hydrogens (tertiary/aromatic N) is 1. The van der Waals surface area contributed by atoms with Gasteiger partial charge in [0.15, 0.2) is 0 Å². The first kappa shape index (κ1) is 20.2. The molecule has 1 aliphatic heterocycles. The van der Waals surface area contributed by atoms with Crippen molar-refractivity contribution in [1.82, 2.24) is 10.2 Å². The molecule has 0 bridgehead atoms. The van der Waals surface area contributed by atoms with Crippen molar-refractivity contribution >= 4 is 23.4 Å². The zero-order chi connectivity index (χ0) is 20.1. The standard InChI is InChI=1S/C22H25ClN2O3/c1-15(2)24-21(26)16-7-11-20(12-8-16)28-14-19-4-3-13-25(19)22(27)17-5-9-18(23)10-6-17/h5-12,15,19H,3-4,13-14H2,1-2H3,(H,24,26). The van der Waals surface area contributed by atoms with E-state index in [-0.39, 0.29) is 23.9 Å². The van der Waals surface area contributed by atoms with E-state index in [1.807, 2.05) is 18.7 Å². The molecule has 1 unspecified atom stereocenters. The van der Waals surface area contributed by atoms with E-state index in [0.29, 0.717) is 28.5 Å². The first-order valence-electron chi connectivity index (χ1n) is 9.54. The lowest BCUT2D eigenvalue weighted by atomic mass is 10.1.